The van der Waals surface area contributed by atoms with Crippen LogP contribution in [0.15, 0.2) is 219 Å². The third-order valence-electron chi connectivity index (χ3n) is 13.7. The minimum Gasteiger partial charge on any atom is -0.457 e. The predicted octanol–water partition coefficient (Wildman–Crippen LogP) is 22.6. The molecule has 0 aliphatic heterocycles. The van der Waals surface area contributed by atoms with Gasteiger partial charge >= 0.3 is 59.7 Å². The lowest BCUT2D eigenvalue weighted by Gasteiger charge is -2.11. The van der Waals surface area contributed by atoms with E-state index in [1.165, 1.54) is 27.7 Å². The highest BCUT2D eigenvalue weighted by molar-refractivity contribution is 6.12. The number of rotatable bonds is 24. The van der Waals surface area contributed by atoms with Gasteiger partial charge in [0.25, 0.3) is 0 Å². The third kappa shape index (κ3) is 36.8. The van der Waals surface area contributed by atoms with E-state index in [9.17, 15) is 47.9 Å². The minimum atomic E-state index is -0.713. The highest BCUT2D eigenvalue weighted by atomic mass is 16.7. The molecular formula is C94H120O22. The van der Waals surface area contributed by atoms with Crippen LogP contribution < -0.4 is 18.9 Å². The number of ether oxygens (including phenoxy) is 12. The quantitative estimate of drug-likeness (QED) is 0.0136. The molecule has 0 aliphatic rings. The van der Waals surface area contributed by atoms with Gasteiger partial charge in [-0.25, -0.2) is 47.9 Å². The monoisotopic (exact) mass is 1600 g/mol. The van der Waals surface area contributed by atoms with Crippen molar-refractivity contribution in [3.8, 4) is 23.0 Å². The van der Waals surface area contributed by atoms with Crippen LogP contribution in [0.3, 0.4) is 0 Å². The maximum absolute atomic E-state index is 12.3. The second-order valence-corrected chi connectivity index (χ2v) is 21.7. The molecule has 0 saturated heterocycles. The molecule has 9 aromatic carbocycles. The summed E-state index contributed by atoms with van der Waals surface area (Å²) in [5.74, 6) is -4.51. The lowest BCUT2D eigenvalue weighted by Crippen LogP contribution is -2.19. The Kier molecular flexibility index (Phi) is 56.4. The van der Waals surface area contributed by atoms with Crippen molar-refractivity contribution in [1.29, 1.82) is 0 Å². The zero-order chi connectivity index (χ0) is 89.3. The summed E-state index contributed by atoms with van der Waals surface area (Å²) in [5.41, 5.74) is 2.02. The van der Waals surface area contributed by atoms with Crippen molar-refractivity contribution in [2.24, 2.45) is 0 Å². The fourth-order valence-electron chi connectivity index (χ4n) is 8.74. The molecule has 0 unspecified atom stereocenters. The molecule has 0 amide bonds. The normalized spacial score (nSPS) is 9.28. The molecule has 0 bridgehead atoms. The first kappa shape index (κ1) is 107. The maximum atomic E-state index is 12.3. The molecule has 9 rings (SSSR count). The first-order valence-electron chi connectivity index (χ1n) is 38.5. The Balaban J connectivity index is -0.00000150. The summed E-state index contributed by atoms with van der Waals surface area (Å²) in [6.07, 6.45) is 0. The number of carbonyl (C=O) groups is 10. The van der Waals surface area contributed by atoms with E-state index in [0.29, 0.717) is 45.3 Å². The molecule has 0 fully saturated rings. The van der Waals surface area contributed by atoms with Gasteiger partial charge in [0, 0.05) is 33.4 Å². The third-order valence-corrected chi connectivity index (χ3v) is 13.7. The predicted molar refractivity (Wildman–Crippen MR) is 464 cm³/mol. The zero-order valence-electron chi connectivity index (χ0n) is 72.3. The molecule has 0 N–H and O–H groups in total. The Hall–Kier alpha value is -12.7. The highest BCUT2D eigenvalue weighted by Gasteiger charge is 2.18. The van der Waals surface area contributed by atoms with E-state index in [2.05, 4.69) is 39.5 Å². The van der Waals surface area contributed by atoms with E-state index in [1.807, 2.05) is 185 Å². The van der Waals surface area contributed by atoms with E-state index in [0.717, 1.165) is 64.6 Å². The molecular weight excluding hydrogens is 1480 g/mol. The first-order chi connectivity index (χ1) is 55.6. The molecule has 0 atom stereocenters. The lowest BCUT2D eigenvalue weighted by molar-refractivity contribution is -0.150. The smallest absolute Gasteiger partial charge is 0.349 e. The molecule has 628 valence electrons. The lowest BCUT2D eigenvalue weighted by atomic mass is 9.98. The number of fused-ring (bicyclic) bond motifs is 9. The van der Waals surface area contributed by atoms with Gasteiger partial charge in [-0.15, -0.1) is 0 Å². The van der Waals surface area contributed by atoms with Gasteiger partial charge in [-0.3, -0.25) is 0 Å². The standard InChI is InChI=1S/2C26H22O8.C24H22O6.9C2H6/c1-15(2)23(27)31-13-33-25(29)19-7-9-21-17(11-19)5-6-18-12-20(8-10-22(18)21)26(30)34-14-32-24(28)16(3)4;1-15(2)25(29)31-13-23(27)33-19-7-9-21-17(11-19)5-6-18-12-20(8-10-22(18)21)34-24(28)14-32-26(30)16(3)4;1-15(2)23(25)29-13-27-19-7-9-21-17(11-19)5-6-18-12-20(8-10-22(18)21)28-14-30-24(26)16(3)4;9*1-2/h2*5-12H,1,3,13-14H2,2,4H3;5-12H,1,3,13-14H2,2,4H3;9*1-2H3. The van der Waals surface area contributed by atoms with Gasteiger partial charge in [0.15, 0.2) is 13.2 Å². The van der Waals surface area contributed by atoms with Gasteiger partial charge in [0.2, 0.25) is 27.2 Å². The molecule has 0 radical (unpaired) electrons. The van der Waals surface area contributed by atoms with Crippen molar-refractivity contribution >= 4 is 124 Å². The van der Waals surface area contributed by atoms with Gasteiger partial charge in [0.1, 0.15) is 23.0 Å². The Labute approximate surface area is 685 Å². The Morgan fingerprint density at radius 3 is 0.672 bits per heavy atom. The molecule has 0 spiro atoms. The van der Waals surface area contributed by atoms with Crippen molar-refractivity contribution < 1.29 is 105 Å². The van der Waals surface area contributed by atoms with Gasteiger partial charge in [-0.1, -0.05) is 237 Å². The van der Waals surface area contributed by atoms with Gasteiger partial charge in [-0.2, -0.15) is 0 Å². The van der Waals surface area contributed by atoms with Crippen molar-refractivity contribution in [2.45, 2.75) is 166 Å². The van der Waals surface area contributed by atoms with E-state index in [1.54, 1.807) is 98.8 Å². The maximum Gasteiger partial charge on any atom is 0.349 e. The molecule has 0 aliphatic carbocycles. The Morgan fingerprint density at radius 2 is 0.431 bits per heavy atom. The average Bonchev–Trinajstić information content (AvgIpc) is 0.767. The van der Waals surface area contributed by atoms with Crippen molar-refractivity contribution in [2.75, 3.05) is 40.4 Å². The van der Waals surface area contributed by atoms with Gasteiger partial charge < -0.3 is 56.8 Å². The van der Waals surface area contributed by atoms with E-state index in [-0.39, 0.29) is 35.9 Å². The second kappa shape index (κ2) is 60.9. The van der Waals surface area contributed by atoms with Crippen molar-refractivity contribution in [1.82, 2.24) is 0 Å². The van der Waals surface area contributed by atoms with E-state index in [4.69, 9.17) is 56.8 Å². The topological polar surface area (TPSA) is 281 Å². The molecule has 0 heterocycles. The summed E-state index contributed by atoms with van der Waals surface area (Å²) in [5, 5.41) is 10.7. The number of hydrogen-bond donors (Lipinski definition) is 0. The van der Waals surface area contributed by atoms with Gasteiger partial charge in [0.05, 0.1) is 11.1 Å². The fourth-order valence-corrected chi connectivity index (χ4v) is 8.74. The van der Waals surface area contributed by atoms with Crippen LogP contribution >= 0.6 is 0 Å². The van der Waals surface area contributed by atoms with Crippen LogP contribution in [0.25, 0.3) is 64.6 Å². The van der Waals surface area contributed by atoms with Crippen LogP contribution in [0.5, 0.6) is 23.0 Å². The van der Waals surface area contributed by atoms with E-state index >= 15 is 0 Å². The number of benzene rings is 9. The van der Waals surface area contributed by atoms with Crippen molar-refractivity contribution in [3.05, 3.63) is 230 Å². The summed E-state index contributed by atoms with van der Waals surface area (Å²) in [4.78, 5) is 117. The highest BCUT2D eigenvalue weighted by Crippen LogP contribution is 2.34. The molecule has 116 heavy (non-hydrogen) atoms. The van der Waals surface area contributed by atoms with E-state index < -0.39 is 86.5 Å². The van der Waals surface area contributed by atoms with Crippen molar-refractivity contribution in [3.63, 3.8) is 0 Å². The Morgan fingerprint density at radius 1 is 0.233 bits per heavy atom. The van der Waals surface area contributed by atoms with Gasteiger partial charge in [-0.05, 0) is 179 Å². The summed E-state index contributed by atoms with van der Waals surface area (Å²) in [6, 6.07) is 42.8. The fraction of sp³-hybridized carbons (Fsp3) is 0.319. The summed E-state index contributed by atoms with van der Waals surface area (Å²) >= 11 is 0. The summed E-state index contributed by atoms with van der Waals surface area (Å²) in [7, 11) is 0. The summed E-state index contributed by atoms with van der Waals surface area (Å²) in [6.45, 7) is 63.5. The molecule has 0 aromatic heterocycles. The molecule has 9 aromatic rings. The molecule has 22 nitrogen and oxygen atoms in total. The van der Waals surface area contributed by atoms with Crippen LogP contribution in [-0.4, -0.2) is 100 Å². The van der Waals surface area contributed by atoms with Crippen LogP contribution in [0.1, 0.15) is 187 Å². The molecule has 22 heteroatoms. The minimum absolute atomic E-state index is 0.179. The SMILES string of the molecule is C=C(C)C(=O)OCC(=O)Oc1ccc2c(ccc3cc(OC(=O)COC(=O)C(=C)C)ccc32)c1.C=C(C)C(=O)OCOC(=O)c1ccc2c(ccc3cc(C(=O)OCOC(=O)C(=C)C)ccc32)c1.C=C(C)C(=O)OCOc1ccc2c(ccc3cc(OCOC(=O)C(=C)C)ccc32)c1.CC.CC.CC.CC.CC.CC.CC.CC.CC. The van der Waals surface area contributed by atoms with Crippen LogP contribution in [-0.2, 0) is 76.3 Å². The number of carbonyl (C=O) groups excluding carboxylic acids is 10. The second-order valence-electron chi connectivity index (χ2n) is 21.7. The van der Waals surface area contributed by atoms with Crippen LogP contribution in [0, 0.1) is 0 Å². The van der Waals surface area contributed by atoms with Crippen LogP contribution in [0.2, 0.25) is 0 Å². The largest absolute Gasteiger partial charge is 0.457 e. The average molecular weight is 1600 g/mol. The van der Waals surface area contributed by atoms with Crippen LogP contribution in [0.4, 0.5) is 0 Å². The number of hydrogen-bond acceptors (Lipinski definition) is 22. The zero-order valence-corrected chi connectivity index (χ0v) is 72.3. The molecule has 0 saturated carbocycles. The first-order valence-corrected chi connectivity index (χ1v) is 38.5. The summed E-state index contributed by atoms with van der Waals surface area (Å²) < 4.78 is 60.4. The Bertz CT molecular complexity index is 4470. The number of esters is 10.